The van der Waals surface area contributed by atoms with Gasteiger partial charge in [0.1, 0.15) is 0 Å². The fourth-order valence-corrected chi connectivity index (χ4v) is 2.26. The number of carbonyl (C=O) groups excluding carboxylic acids is 1. The second-order valence-electron chi connectivity index (χ2n) is 5.02. The molecule has 1 aromatic carbocycles. The number of benzene rings is 1. The molecule has 0 radical (unpaired) electrons. The van der Waals surface area contributed by atoms with Gasteiger partial charge in [0.05, 0.1) is 6.42 Å². The summed E-state index contributed by atoms with van der Waals surface area (Å²) < 4.78 is 0. The summed E-state index contributed by atoms with van der Waals surface area (Å²) in [6, 6.07) is 8.39. The first-order valence-corrected chi connectivity index (χ1v) is 7.23. The molecule has 1 aliphatic rings. The van der Waals surface area contributed by atoms with Crippen molar-refractivity contribution < 1.29 is 4.79 Å². The number of hydrogen-bond donors (Lipinski definition) is 1. The Labute approximate surface area is 115 Å². The zero-order valence-corrected chi connectivity index (χ0v) is 11.8. The maximum Gasteiger partial charge on any atom is 0.227 e. The molecular formula is C15H21NOS. The van der Waals surface area contributed by atoms with E-state index in [9.17, 15) is 4.79 Å². The summed E-state index contributed by atoms with van der Waals surface area (Å²) >= 11 is 4.26. The summed E-state index contributed by atoms with van der Waals surface area (Å²) in [6.45, 7) is 3.09. The Morgan fingerprint density at radius 1 is 1.33 bits per heavy atom. The van der Waals surface area contributed by atoms with Crippen molar-refractivity contribution in [3.05, 3.63) is 29.8 Å². The SMILES string of the molecule is CCCCN(C(=O)Cc1ccc(S)cc1)C1CC1. The van der Waals surface area contributed by atoms with Gasteiger partial charge < -0.3 is 4.90 Å². The molecule has 0 unspecified atom stereocenters. The van der Waals surface area contributed by atoms with Gasteiger partial charge in [-0.15, -0.1) is 12.6 Å². The van der Waals surface area contributed by atoms with E-state index in [1.807, 2.05) is 24.3 Å². The first kappa shape index (κ1) is 13.5. The molecule has 1 aliphatic carbocycles. The molecule has 1 amide bonds. The maximum absolute atomic E-state index is 12.3. The lowest BCUT2D eigenvalue weighted by Crippen LogP contribution is -2.35. The molecule has 0 heterocycles. The van der Waals surface area contributed by atoms with E-state index in [0.29, 0.717) is 12.5 Å². The third-order valence-corrected chi connectivity index (χ3v) is 3.65. The van der Waals surface area contributed by atoms with Crippen molar-refractivity contribution >= 4 is 18.5 Å². The highest BCUT2D eigenvalue weighted by molar-refractivity contribution is 7.80. The Kier molecular flexibility index (Phi) is 4.70. The summed E-state index contributed by atoms with van der Waals surface area (Å²) in [4.78, 5) is 15.3. The molecule has 98 valence electrons. The minimum absolute atomic E-state index is 0.276. The molecule has 1 fully saturated rings. The molecule has 1 saturated carbocycles. The highest BCUT2D eigenvalue weighted by atomic mass is 32.1. The van der Waals surface area contributed by atoms with E-state index in [4.69, 9.17) is 0 Å². The van der Waals surface area contributed by atoms with Crippen molar-refractivity contribution in [2.24, 2.45) is 0 Å². The summed E-state index contributed by atoms with van der Waals surface area (Å²) in [5, 5.41) is 0. The number of thiol groups is 1. The van der Waals surface area contributed by atoms with Crippen molar-refractivity contribution in [2.45, 2.75) is 50.0 Å². The topological polar surface area (TPSA) is 20.3 Å². The third-order valence-electron chi connectivity index (χ3n) is 3.35. The van der Waals surface area contributed by atoms with Crippen LogP contribution in [0.1, 0.15) is 38.2 Å². The van der Waals surface area contributed by atoms with Gasteiger partial charge in [0, 0.05) is 17.5 Å². The van der Waals surface area contributed by atoms with E-state index < -0.39 is 0 Å². The first-order valence-electron chi connectivity index (χ1n) is 6.78. The van der Waals surface area contributed by atoms with Crippen LogP contribution in [0.2, 0.25) is 0 Å². The van der Waals surface area contributed by atoms with Crippen molar-refractivity contribution in [3.63, 3.8) is 0 Å². The Bertz CT molecular complexity index is 397. The van der Waals surface area contributed by atoms with Gasteiger partial charge in [-0.1, -0.05) is 25.5 Å². The van der Waals surface area contributed by atoms with Crippen LogP contribution in [0.25, 0.3) is 0 Å². The molecule has 0 aromatic heterocycles. The maximum atomic E-state index is 12.3. The number of unbranched alkanes of at least 4 members (excludes halogenated alkanes) is 1. The van der Waals surface area contributed by atoms with Crippen LogP contribution >= 0.6 is 12.6 Å². The monoisotopic (exact) mass is 263 g/mol. The van der Waals surface area contributed by atoms with Crippen LogP contribution in [0.5, 0.6) is 0 Å². The van der Waals surface area contributed by atoms with E-state index in [-0.39, 0.29) is 5.91 Å². The Hall–Kier alpha value is -0.960. The smallest absolute Gasteiger partial charge is 0.227 e. The number of rotatable bonds is 6. The van der Waals surface area contributed by atoms with Crippen LogP contribution in [-0.4, -0.2) is 23.4 Å². The number of nitrogens with zero attached hydrogens (tertiary/aromatic N) is 1. The fourth-order valence-electron chi connectivity index (χ4n) is 2.12. The summed E-state index contributed by atoms with van der Waals surface area (Å²) in [6.07, 6.45) is 5.15. The molecule has 1 aromatic rings. The standard InChI is InChI=1S/C15H21NOS/c1-2-3-10-16(13-6-7-13)15(17)11-12-4-8-14(18)9-5-12/h4-5,8-9,13,18H,2-3,6-7,10-11H2,1H3. The largest absolute Gasteiger partial charge is 0.339 e. The highest BCUT2D eigenvalue weighted by Crippen LogP contribution is 2.27. The minimum Gasteiger partial charge on any atom is -0.339 e. The van der Waals surface area contributed by atoms with E-state index in [1.165, 1.54) is 12.8 Å². The second kappa shape index (κ2) is 6.28. The lowest BCUT2D eigenvalue weighted by molar-refractivity contribution is -0.131. The lowest BCUT2D eigenvalue weighted by Gasteiger charge is -2.22. The summed E-state index contributed by atoms with van der Waals surface area (Å²) in [5.41, 5.74) is 1.08. The Morgan fingerprint density at radius 2 is 2.00 bits per heavy atom. The van der Waals surface area contributed by atoms with Crippen LogP contribution in [0.4, 0.5) is 0 Å². The second-order valence-corrected chi connectivity index (χ2v) is 5.53. The van der Waals surface area contributed by atoms with Crippen LogP contribution in [0.15, 0.2) is 29.2 Å². The van der Waals surface area contributed by atoms with Gasteiger partial charge >= 0.3 is 0 Å². The summed E-state index contributed by atoms with van der Waals surface area (Å²) in [7, 11) is 0. The third kappa shape index (κ3) is 3.77. The van der Waals surface area contributed by atoms with E-state index in [2.05, 4.69) is 24.5 Å². The fraction of sp³-hybridized carbons (Fsp3) is 0.533. The predicted octanol–water partition coefficient (Wildman–Crippen LogP) is 3.31. The van der Waals surface area contributed by atoms with Crippen molar-refractivity contribution in [1.29, 1.82) is 0 Å². The van der Waals surface area contributed by atoms with Gasteiger partial charge in [-0.05, 0) is 37.0 Å². The zero-order valence-electron chi connectivity index (χ0n) is 10.9. The van der Waals surface area contributed by atoms with E-state index in [0.717, 1.165) is 29.8 Å². The molecular weight excluding hydrogens is 242 g/mol. The number of hydrogen-bond acceptors (Lipinski definition) is 2. The average Bonchev–Trinajstić information content (AvgIpc) is 3.17. The molecule has 0 saturated heterocycles. The van der Waals surface area contributed by atoms with Crippen LogP contribution < -0.4 is 0 Å². The van der Waals surface area contributed by atoms with Gasteiger partial charge in [0.25, 0.3) is 0 Å². The van der Waals surface area contributed by atoms with Gasteiger partial charge in [-0.3, -0.25) is 4.79 Å². The van der Waals surface area contributed by atoms with Crippen molar-refractivity contribution in [3.8, 4) is 0 Å². The molecule has 2 rings (SSSR count). The van der Waals surface area contributed by atoms with E-state index >= 15 is 0 Å². The van der Waals surface area contributed by atoms with Crippen molar-refractivity contribution in [1.82, 2.24) is 4.90 Å². The predicted molar refractivity (Wildman–Crippen MR) is 77.0 cm³/mol. The molecule has 0 N–H and O–H groups in total. The first-order chi connectivity index (χ1) is 8.70. The molecule has 3 heteroatoms. The van der Waals surface area contributed by atoms with E-state index in [1.54, 1.807) is 0 Å². The zero-order chi connectivity index (χ0) is 13.0. The molecule has 0 bridgehead atoms. The summed E-state index contributed by atoms with van der Waals surface area (Å²) in [5.74, 6) is 0.276. The molecule has 0 spiro atoms. The van der Waals surface area contributed by atoms with Crippen LogP contribution in [-0.2, 0) is 11.2 Å². The number of amides is 1. The van der Waals surface area contributed by atoms with Crippen molar-refractivity contribution in [2.75, 3.05) is 6.54 Å². The lowest BCUT2D eigenvalue weighted by atomic mass is 10.1. The molecule has 2 nitrogen and oxygen atoms in total. The van der Waals surface area contributed by atoms with Gasteiger partial charge in [-0.2, -0.15) is 0 Å². The normalized spacial score (nSPS) is 14.6. The van der Waals surface area contributed by atoms with Gasteiger partial charge in [0.2, 0.25) is 5.91 Å². The van der Waals surface area contributed by atoms with Crippen LogP contribution in [0.3, 0.4) is 0 Å². The van der Waals surface area contributed by atoms with Gasteiger partial charge in [0.15, 0.2) is 0 Å². The number of carbonyl (C=O) groups is 1. The average molecular weight is 263 g/mol. The van der Waals surface area contributed by atoms with Gasteiger partial charge in [-0.25, -0.2) is 0 Å². The van der Waals surface area contributed by atoms with Crippen LogP contribution in [0, 0.1) is 0 Å². The Balaban J connectivity index is 1.93. The quantitative estimate of drug-likeness (QED) is 0.781. The molecule has 18 heavy (non-hydrogen) atoms. The minimum atomic E-state index is 0.276. The highest BCUT2D eigenvalue weighted by Gasteiger charge is 2.31. The molecule has 0 atom stereocenters. The molecule has 0 aliphatic heterocycles. The Morgan fingerprint density at radius 3 is 2.56 bits per heavy atom.